The second-order valence-corrected chi connectivity index (χ2v) is 3.99. The highest BCUT2D eigenvalue weighted by Crippen LogP contribution is 2.28. The maximum atomic E-state index is 5.45. The van der Waals surface area contributed by atoms with E-state index in [2.05, 4.69) is 15.5 Å². The Morgan fingerprint density at radius 1 is 1.32 bits per heavy atom. The Morgan fingerprint density at radius 2 is 2.21 bits per heavy atom. The molecule has 3 rings (SSSR count). The average molecular weight is 259 g/mol. The van der Waals surface area contributed by atoms with Crippen LogP contribution in [0.1, 0.15) is 0 Å². The predicted octanol–water partition coefficient (Wildman–Crippen LogP) is 2.54. The maximum Gasteiger partial charge on any atom is 0.321 e. The van der Waals surface area contributed by atoms with Crippen molar-refractivity contribution >= 4 is 17.0 Å². The highest BCUT2D eigenvalue weighted by atomic mass is 16.5. The molecule has 2 heterocycles. The standard InChI is InChI=1S/C13H13N3O3/c1-17-7-6-14-13-15-12(16-19-13)10-8-18-11-5-3-2-4-9(10)11/h2-5,8H,6-7H2,1H3,(H,14,15,16). The van der Waals surface area contributed by atoms with Crippen molar-refractivity contribution in [1.82, 2.24) is 10.1 Å². The molecule has 0 aliphatic rings. The molecule has 0 atom stereocenters. The van der Waals surface area contributed by atoms with Gasteiger partial charge in [-0.15, -0.1) is 0 Å². The third-order valence-electron chi connectivity index (χ3n) is 2.73. The molecule has 0 radical (unpaired) electrons. The van der Waals surface area contributed by atoms with Gasteiger partial charge in [0.25, 0.3) is 0 Å². The Hall–Kier alpha value is -2.34. The van der Waals surface area contributed by atoms with Crippen LogP contribution < -0.4 is 5.32 Å². The minimum absolute atomic E-state index is 0.373. The number of aromatic nitrogens is 2. The van der Waals surface area contributed by atoms with E-state index in [1.807, 2.05) is 24.3 Å². The van der Waals surface area contributed by atoms with Crippen molar-refractivity contribution in [3.63, 3.8) is 0 Å². The number of nitrogens with zero attached hydrogens (tertiary/aromatic N) is 2. The minimum Gasteiger partial charge on any atom is -0.464 e. The van der Waals surface area contributed by atoms with Gasteiger partial charge in [0.15, 0.2) is 0 Å². The minimum atomic E-state index is 0.373. The quantitative estimate of drug-likeness (QED) is 0.710. The zero-order chi connectivity index (χ0) is 13.1. The second-order valence-electron chi connectivity index (χ2n) is 3.99. The van der Waals surface area contributed by atoms with Gasteiger partial charge in [0, 0.05) is 19.0 Å². The maximum absolute atomic E-state index is 5.45. The fraction of sp³-hybridized carbons (Fsp3) is 0.231. The van der Waals surface area contributed by atoms with Crippen LogP contribution in [0, 0.1) is 0 Å². The molecule has 2 aromatic heterocycles. The Balaban J connectivity index is 1.86. The van der Waals surface area contributed by atoms with Gasteiger partial charge in [-0.3, -0.25) is 0 Å². The largest absolute Gasteiger partial charge is 0.464 e. The van der Waals surface area contributed by atoms with Gasteiger partial charge in [-0.05, 0) is 6.07 Å². The normalized spacial score (nSPS) is 11.0. The summed E-state index contributed by atoms with van der Waals surface area (Å²) in [6.45, 7) is 1.19. The van der Waals surface area contributed by atoms with E-state index >= 15 is 0 Å². The lowest BCUT2D eigenvalue weighted by Gasteiger charge is -1.97. The van der Waals surface area contributed by atoms with Crippen LogP contribution in [0.15, 0.2) is 39.5 Å². The summed E-state index contributed by atoms with van der Waals surface area (Å²) in [4.78, 5) is 4.27. The molecule has 0 aliphatic carbocycles. The van der Waals surface area contributed by atoms with Crippen LogP contribution in [-0.4, -0.2) is 30.4 Å². The summed E-state index contributed by atoms with van der Waals surface area (Å²) in [7, 11) is 1.64. The van der Waals surface area contributed by atoms with E-state index in [1.165, 1.54) is 0 Å². The SMILES string of the molecule is COCCNc1nc(-c2coc3ccccc23)no1. The third kappa shape index (κ3) is 2.30. The smallest absolute Gasteiger partial charge is 0.321 e. The van der Waals surface area contributed by atoms with E-state index in [1.54, 1.807) is 13.4 Å². The highest BCUT2D eigenvalue weighted by Gasteiger charge is 2.13. The van der Waals surface area contributed by atoms with E-state index in [4.69, 9.17) is 13.7 Å². The van der Waals surface area contributed by atoms with Crippen molar-refractivity contribution in [2.45, 2.75) is 0 Å². The second kappa shape index (κ2) is 5.11. The van der Waals surface area contributed by atoms with Gasteiger partial charge in [-0.2, -0.15) is 4.98 Å². The molecule has 6 heteroatoms. The summed E-state index contributed by atoms with van der Waals surface area (Å²) in [5.41, 5.74) is 1.62. The third-order valence-corrected chi connectivity index (χ3v) is 2.73. The lowest BCUT2D eigenvalue weighted by atomic mass is 10.2. The number of fused-ring (bicyclic) bond motifs is 1. The lowest BCUT2D eigenvalue weighted by Crippen LogP contribution is -2.07. The summed E-state index contributed by atoms with van der Waals surface area (Å²) in [5, 5.41) is 7.88. The molecule has 0 saturated carbocycles. The van der Waals surface area contributed by atoms with Gasteiger partial charge in [-0.25, -0.2) is 0 Å². The van der Waals surface area contributed by atoms with Crippen molar-refractivity contribution in [1.29, 1.82) is 0 Å². The lowest BCUT2D eigenvalue weighted by molar-refractivity contribution is 0.210. The van der Waals surface area contributed by atoms with Crippen molar-refractivity contribution in [2.75, 3.05) is 25.6 Å². The molecule has 0 fully saturated rings. The van der Waals surface area contributed by atoms with E-state index in [9.17, 15) is 0 Å². The molecule has 0 amide bonds. The van der Waals surface area contributed by atoms with Crippen molar-refractivity contribution < 1.29 is 13.7 Å². The molecule has 98 valence electrons. The molecule has 1 N–H and O–H groups in total. The molecule has 0 spiro atoms. The molecule has 0 unspecified atom stereocenters. The first-order valence-electron chi connectivity index (χ1n) is 5.91. The Labute approximate surface area is 109 Å². The highest BCUT2D eigenvalue weighted by molar-refractivity contribution is 5.91. The number of benzene rings is 1. The van der Waals surface area contributed by atoms with Gasteiger partial charge in [-0.1, -0.05) is 23.4 Å². The number of anilines is 1. The van der Waals surface area contributed by atoms with E-state index in [0.29, 0.717) is 25.0 Å². The van der Waals surface area contributed by atoms with Gasteiger partial charge in [0.05, 0.1) is 12.2 Å². The Kier molecular flexibility index (Phi) is 3.16. The van der Waals surface area contributed by atoms with Crippen LogP contribution in [0.4, 0.5) is 6.01 Å². The predicted molar refractivity (Wildman–Crippen MR) is 69.9 cm³/mol. The zero-order valence-electron chi connectivity index (χ0n) is 10.4. The summed E-state index contributed by atoms with van der Waals surface area (Å²) in [6, 6.07) is 8.10. The van der Waals surface area contributed by atoms with Gasteiger partial charge in [0.1, 0.15) is 11.8 Å². The van der Waals surface area contributed by atoms with E-state index in [-0.39, 0.29) is 0 Å². The number of para-hydroxylation sites is 1. The van der Waals surface area contributed by atoms with Gasteiger partial charge in [0.2, 0.25) is 5.82 Å². The first-order chi connectivity index (χ1) is 9.38. The Bertz CT molecular complexity index is 674. The average Bonchev–Trinajstić information content (AvgIpc) is 3.05. The van der Waals surface area contributed by atoms with Gasteiger partial charge >= 0.3 is 6.01 Å². The first kappa shape index (κ1) is 11.7. The molecule has 3 aromatic rings. The number of furan rings is 1. The van der Waals surface area contributed by atoms with Crippen LogP contribution in [0.3, 0.4) is 0 Å². The van der Waals surface area contributed by atoms with Crippen LogP contribution in [0.2, 0.25) is 0 Å². The van der Waals surface area contributed by atoms with Crippen LogP contribution >= 0.6 is 0 Å². The number of hydrogen-bond acceptors (Lipinski definition) is 6. The van der Waals surface area contributed by atoms with Crippen LogP contribution in [0.5, 0.6) is 0 Å². The van der Waals surface area contributed by atoms with E-state index in [0.717, 1.165) is 16.5 Å². The topological polar surface area (TPSA) is 73.3 Å². The van der Waals surface area contributed by atoms with Crippen molar-refractivity contribution in [3.05, 3.63) is 30.5 Å². The zero-order valence-corrected chi connectivity index (χ0v) is 10.4. The molecule has 0 aliphatic heterocycles. The number of rotatable bonds is 5. The molecule has 19 heavy (non-hydrogen) atoms. The summed E-state index contributed by atoms with van der Waals surface area (Å²) in [6.07, 6.45) is 1.63. The summed E-state index contributed by atoms with van der Waals surface area (Å²) in [5.74, 6) is 0.505. The molecular weight excluding hydrogens is 246 g/mol. The Morgan fingerprint density at radius 3 is 3.11 bits per heavy atom. The fourth-order valence-electron chi connectivity index (χ4n) is 1.82. The monoisotopic (exact) mass is 259 g/mol. The van der Waals surface area contributed by atoms with Crippen molar-refractivity contribution in [3.8, 4) is 11.4 Å². The molecular formula is C13H13N3O3. The molecule has 0 bridgehead atoms. The number of methoxy groups -OCH3 is 1. The number of hydrogen-bond donors (Lipinski definition) is 1. The molecule has 6 nitrogen and oxygen atoms in total. The van der Waals surface area contributed by atoms with Crippen LogP contribution in [-0.2, 0) is 4.74 Å². The van der Waals surface area contributed by atoms with Crippen molar-refractivity contribution in [2.24, 2.45) is 0 Å². The molecule has 1 aromatic carbocycles. The number of ether oxygens (including phenoxy) is 1. The molecule has 0 saturated heterocycles. The number of nitrogens with one attached hydrogen (secondary N) is 1. The van der Waals surface area contributed by atoms with Crippen LogP contribution in [0.25, 0.3) is 22.4 Å². The van der Waals surface area contributed by atoms with E-state index < -0.39 is 0 Å². The fourth-order valence-corrected chi connectivity index (χ4v) is 1.82. The van der Waals surface area contributed by atoms with Gasteiger partial charge < -0.3 is 19.0 Å². The summed E-state index contributed by atoms with van der Waals surface area (Å²) >= 11 is 0. The first-order valence-corrected chi connectivity index (χ1v) is 5.91. The summed E-state index contributed by atoms with van der Waals surface area (Å²) < 4.78 is 15.5.